The van der Waals surface area contributed by atoms with Crippen molar-refractivity contribution in [3.05, 3.63) is 72.9 Å². The summed E-state index contributed by atoms with van der Waals surface area (Å²) >= 11 is 0. The second-order valence-electron chi connectivity index (χ2n) is 18.4. The van der Waals surface area contributed by atoms with Gasteiger partial charge in [-0.05, 0) is 83.5 Å². The van der Waals surface area contributed by atoms with Gasteiger partial charge in [0.05, 0.1) is 6.61 Å². The zero-order valence-electron chi connectivity index (χ0n) is 42.6. The predicted molar refractivity (Wildman–Crippen MR) is 276 cm³/mol. The maximum atomic E-state index is 12.9. The molecule has 0 spiro atoms. The van der Waals surface area contributed by atoms with Gasteiger partial charge in [-0.25, -0.2) is 4.57 Å². The lowest BCUT2D eigenvalue weighted by Crippen LogP contribution is -2.64. The number of carbonyl (C=O) groups excluding carboxylic acids is 2. The molecule has 0 saturated heterocycles. The van der Waals surface area contributed by atoms with Gasteiger partial charge in [0.1, 0.15) is 43.2 Å². The van der Waals surface area contributed by atoms with Crippen LogP contribution in [0.2, 0.25) is 0 Å². The SMILES string of the molecule is CCCCC/C=C/C/C=C/CCCCCCCCCCCC(=O)O[C@@H](COC(=O)CCC/C=C/C/C=C/C/C=C/C/C=C/CCCCCCCCC)COP(=O)(O)OC1C(O)C(O)C(O)[C@H](O)C1O. The van der Waals surface area contributed by atoms with Crippen LogP contribution in [-0.4, -0.2) is 98.3 Å². The molecule has 0 aromatic carbocycles. The van der Waals surface area contributed by atoms with Gasteiger partial charge in [-0.1, -0.05) is 183 Å². The summed E-state index contributed by atoms with van der Waals surface area (Å²) < 4.78 is 33.6. The van der Waals surface area contributed by atoms with E-state index in [1.807, 2.05) is 12.2 Å². The molecule has 398 valence electrons. The van der Waals surface area contributed by atoms with Crippen LogP contribution in [0.4, 0.5) is 0 Å². The number of phosphoric acid groups is 1. The van der Waals surface area contributed by atoms with E-state index in [4.69, 9.17) is 18.5 Å². The van der Waals surface area contributed by atoms with E-state index in [2.05, 4.69) is 74.6 Å². The molecule has 1 rings (SSSR count). The molecule has 1 aliphatic rings. The fourth-order valence-corrected chi connectivity index (χ4v) is 8.69. The molecule has 0 aromatic heterocycles. The molecule has 69 heavy (non-hydrogen) atoms. The Morgan fingerprint density at radius 1 is 0.449 bits per heavy atom. The number of unbranched alkanes of at least 4 members (excludes halogenated alkanes) is 20. The van der Waals surface area contributed by atoms with E-state index in [1.54, 1.807) is 0 Å². The zero-order chi connectivity index (χ0) is 50.6. The average Bonchev–Trinajstić information content (AvgIpc) is 3.33. The summed E-state index contributed by atoms with van der Waals surface area (Å²) in [5.41, 5.74) is 0. The molecule has 0 aromatic rings. The summed E-state index contributed by atoms with van der Waals surface area (Å²) in [6.07, 6.45) is 43.8. The third-order valence-electron chi connectivity index (χ3n) is 12.0. The number of hydrogen-bond acceptors (Lipinski definition) is 12. The quantitative estimate of drug-likeness (QED) is 0.0145. The molecule has 13 nitrogen and oxygen atoms in total. The first kappa shape index (κ1) is 64.3. The topological polar surface area (TPSA) is 210 Å². The molecule has 0 radical (unpaired) electrons. The van der Waals surface area contributed by atoms with Gasteiger partial charge in [0.25, 0.3) is 0 Å². The second-order valence-corrected chi connectivity index (χ2v) is 19.8. The van der Waals surface area contributed by atoms with Crippen molar-refractivity contribution in [1.29, 1.82) is 0 Å². The average molecular weight is 995 g/mol. The number of allylic oxidation sites excluding steroid dienone is 12. The number of hydrogen-bond donors (Lipinski definition) is 6. The summed E-state index contributed by atoms with van der Waals surface area (Å²) in [7, 11) is -5.14. The van der Waals surface area contributed by atoms with E-state index in [9.17, 15) is 44.6 Å². The molecule has 1 saturated carbocycles. The van der Waals surface area contributed by atoms with E-state index in [0.29, 0.717) is 19.3 Å². The summed E-state index contributed by atoms with van der Waals surface area (Å²) in [6, 6.07) is 0. The van der Waals surface area contributed by atoms with E-state index in [-0.39, 0.29) is 12.8 Å². The lowest BCUT2D eigenvalue weighted by molar-refractivity contribution is -0.220. The first-order chi connectivity index (χ1) is 33.4. The van der Waals surface area contributed by atoms with Crippen molar-refractivity contribution in [3.8, 4) is 0 Å². The molecule has 1 aliphatic carbocycles. The first-order valence-electron chi connectivity index (χ1n) is 26.7. The van der Waals surface area contributed by atoms with Crippen LogP contribution in [0.5, 0.6) is 0 Å². The van der Waals surface area contributed by atoms with Crippen molar-refractivity contribution in [2.45, 2.75) is 249 Å². The van der Waals surface area contributed by atoms with Crippen LogP contribution in [0, 0.1) is 0 Å². The van der Waals surface area contributed by atoms with Crippen molar-refractivity contribution in [2.75, 3.05) is 13.2 Å². The Labute approximate surface area is 416 Å². The normalized spacial score (nSPS) is 21.4. The van der Waals surface area contributed by atoms with Crippen molar-refractivity contribution in [1.82, 2.24) is 0 Å². The maximum absolute atomic E-state index is 12.9. The van der Waals surface area contributed by atoms with Crippen LogP contribution < -0.4 is 0 Å². The minimum Gasteiger partial charge on any atom is -0.462 e. The van der Waals surface area contributed by atoms with E-state index >= 15 is 0 Å². The second kappa shape index (κ2) is 44.0. The zero-order valence-corrected chi connectivity index (χ0v) is 43.5. The number of carbonyl (C=O) groups is 2. The molecule has 0 amide bonds. The molecule has 8 atom stereocenters. The number of esters is 2. The number of ether oxygens (including phenoxy) is 2. The van der Waals surface area contributed by atoms with Crippen LogP contribution >= 0.6 is 7.82 Å². The highest BCUT2D eigenvalue weighted by molar-refractivity contribution is 7.47. The molecule has 0 heterocycles. The minimum absolute atomic E-state index is 0.0771. The highest BCUT2D eigenvalue weighted by Gasteiger charge is 2.51. The molecular formula is C55H95O13P. The highest BCUT2D eigenvalue weighted by atomic mass is 31.2. The van der Waals surface area contributed by atoms with E-state index in [1.165, 1.54) is 96.3 Å². The Balaban J connectivity index is 2.43. The van der Waals surface area contributed by atoms with Crippen molar-refractivity contribution >= 4 is 19.8 Å². The van der Waals surface area contributed by atoms with E-state index in [0.717, 1.165) is 64.2 Å². The lowest BCUT2D eigenvalue weighted by atomic mass is 9.85. The van der Waals surface area contributed by atoms with Gasteiger partial charge in [-0.3, -0.25) is 18.6 Å². The predicted octanol–water partition coefficient (Wildman–Crippen LogP) is 11.8. The number of rotatable bonds is 44. The van der Waals surface area contributed by atoms with E-state index < -0.39 is 75.7 Å². The molecule has 1 fully saturated rings. The van der Waals surface area contributed by atoms with Crippen LogP contribution in [0.15, 0.2) is 72.9 Å². The molecule has 0 bridgehead atoms. The van der Waals surface area contributed by atoms with Gasteiger partial charge >= 0.3 is 19.8 Å². The summed E-state index contributed by atoms with van der Waals surface area (Å²) in [4.78, 5) is 35.9. The third kappa shape index (κ3) is 36.0. The molecule has 0 aliphatic heterocycles. The van der Waals surface area contributed by atoms with Crippen molar-refractivity contribution in [3.63, 3.8) is 0 Å². The largest absolute Gasteiger partial charge is 0.472 e. The lowest BCUT2D eigenvalue weighted by Gasteiger charge is -2.41. The monoisotopic (exact) mass is 995 g/mol. The minimum atomic E-state index is -5.14. The fraction of sp³-hybridized carbons (Fsp3) is 0.745. The Morgan fingerprint density at radius 3 is 1.26 bits per heavy atom. The van der Waals surface area contributed by atoms with Gasteiger partial charge in [-0.2, -0.15) is 0 Å². The summed E-state index contributed by atoms with van der Waals surface area (Å²) in [5, 5.41) is 50.3. The Morgan fingerprint density at radius 2 is 0.797 bits per heavy atom. The molecule has 6 N–H and O–H groups in total. The third-order valence-corrected chi connectivity index (χ3v) is 13.0. The van der Waals surface area contributed by atoms with Gasteiger partial charge in [0, 0.05) is 12.8 Å². The Hall–Kier alpha value is -2.71. The number of aliphatic hydroxyl groups excluding tert-OH is 5. The first-order valence-corrected chi connectivity index (χ1v) is 28.2. The summed E-state index contributed by atoms with van der Waals surface area (Å²) in [6.45, 7) is 3.24. The van der Waals surface area contributed by atoms with Gasteiger partial charge in [-0.15, -0.1) is 0 Å². The smallest absolute Gasteiger partial charge is 0.462 e. The van der Waals surface area contributed by atoms with Gasteiger partial charge in [0.2, 0.25) is 0 Å². The highest BCUT2D eigenvalue weighted by Crippen LogP contribution is 2.47. The fourth-order valence-electron chi connectivity index (χ4n) is 7.72. The van der Waals surface area contributed by atoms with Crippen molar-refractivity contribution < 1.29 is 63.1 Å². The molecule has 14 heteroatoms. The van der Waals surface area contributed by atoms with Gasteiger partial charge < -0.3 is 39.9 Å². The maximum Gasteiger partial charge on any atom is 0.472 e. The number of aliphatic hydroxyl groups is 5. The van der Waals surface area contributed by atoms with Gasteiger partial charge in [0.15, 0.2) is 6.10 Å². The van der Waals surface area contributed by atoms with Crippen molar-refractivity contribution in [2.24, 2.45) is 0 Å². The summed E-state index contributed by atoms with van der Waals surface area (Å²) in [5.74, 6) is -1.17. The van der Waals surface area contributed by atoms with Crippen LogP contribution in [0.1, 0.15) is 206 Å². The molecular weight excluding hydrogens is 900 g/mol. The Kier molecular flexibility index (Phi) is 41.0. The molecule has 6 unspecified atom stereocenters. The van der Waals surface area contributed by atoms with Crippen LogP contribution in [-0.2, 0) is 32.7 Å². The number of phosphoric ester groups is 1. The Bertz CT molecular complexity index is 1480. The van der Waals surface area contributed by atoms with Crippen LogP contribution in [0.3, 0.4) is 0 Å². The standard InChI is InChI=1S/C55H95O13P/c1-3-5-7-9-11-13-15-17-19-21-23-24-26-27-29-31-33-35-37-39-41-43-48(56)65-45-47(46-66-69(63,64)68-55-53(61)51(59)50(58)52(60)54(55)62)67-49(57)44-42-40-38-36-34-32-30-28-25-22-20-18-16-14-12-10-8-6-4-2/h12,14,18-21,24,26,29,31,35,37,47,50-55,58-62H,3-11,13,15-17,22-23,25,27-28,30,32-34,36,38-46H2,1-2H3,(H,63,64)/b14-12+,20-18+,21-19+,26-24+,31-29+,37-35+/t47-,50?,51-,52?,53?,54?,55?/m0/s1. The van der Waals surface area contributed by atoms with Crippen LogP contribution in [0.25, 0.3) is 0 Å².